The minimum atomic E-state index is -0.486. The highest BCUT2D eigenvalue weighted by Gasteiger charge is 2.20. The van der Waals surface area contributed by atoms with Gasteiger partial charge in [0.15, 0.2) is 11.3 Å². The molecule has 3 nitrogen and oxygen atoms in total. The summed E-state index contributed by atoms with van der Waals surface area (Å²) in [7, 11) is 0. The van der Waals surface area contributed by atoms with Crippen LogP contribution in [0.15, 0.2) is 68.2 Å². The molecule has 0 radical (unpaired) electrons. The number of hydrogen-bond acceptors (Lipinski definition) is 3. The van der Waals surface area contributed by atoms with Crippen molar-refractivity contribution in [3.63, 3.8) is 0 Å². The largest absolute Gasteiger partial charge is 0.453 e. The summed E-state index contributed by atoms with van der Waals surface area (Å²) in [5, 5.41) is 1.31. The molecular formula is C17H9ClO3. The maximum absolute atomic E-state index is 12.1. The van der Waals surface area contributed by atoms with Gasteiger partial charge < -0.3 is 8.83 Å². The first-order valence-electron chi connectivity index (χ1n) is 6.45. The summed E-state index contributed by atoms with van der Waals surface area (Å²) in [4.78, 5) is 12.1. The summed E-state index contributed by atoms with van der Waals surface area (Å²) in [5.41, 5.74) is 1.28. The second-order valence-electron chi connectivity index (χ2n) is 4.70. The zero-order chi connectivity index (χ0) is 14.4. The highest BCUT2D eigenvalue weighted by molar-refractivity contribution is 6.38. The summed E-state index contributed by atoms with van der Waals surface area (Å²) in [6.45, 7) is 0. The molecule has 0 saturated carbocycles. The highest BCUT2D eigenvalue weighted by atomic mass is 35.5. The molecule has 0 bridgehead atoms. The number of halogens is 1. The Hall–Kier alpha value is -2.52. The molecule has 102 valence electrons. The molecule has 0 amide bonds. The molecule has 0 aliphatic carbocycles. The van der Waals surface area contributed by atoms with E-state index in [4.69, 9.17) is 20.4 Å². The maximum atomic E-state index is 12.1. The Bertz CT molecular complexity index is 1010. The fraction of sp³-hybridized carbons (Fsp3) is 0. The van der Waals surface area contributed by atoms with Crippen LogP contribution in [0.3, 0.4) is 0 Å². The van der Waals surface area contributed by atoms with Gasteiger partial charge in [-0.2, -0.15) is 0 Å². The first-order chi connectivity index (χ1) is 10.3. The molecule has 4 rings (SSSR count). The summed E-state index contributed by atoms with van der Waals surface area (Å²) >= 11 is 6.34. The molecule has 0 unspecified atom stereocenters. The molecule has 2 aromatic carbocycles. The van der Waals surface area contributed by atoms with Crippen LogP contribution in [-0.2, 0) is 0 Å². The van der Waals surface area contributed by atoms with Crippen LogP contribution in [0.4, 0.5) is 0 Å². The fourth-order valence-electron chi connectivity index (χ4n) is 2.45. The smallest absolute Gasteiger partial charge is 0.349 e. The zero-order valence-electron chi connectivity index (χ0n) is 10.8. The summed E-state index contributed by atoms with van der Waals surface area (Å²) in [6.07, 6.45) is 0. The minimum absolute atomic E-state index is 0.286. The third-order valence-corrected chi connectivity index (χ3v) is 3.79. The molecule has 21 heavy (non-hydrogen) atoms. The van der Waals surface area contributed by atoms with Crippen LogP contribution < -0.4 is 5.63 Å². The lowest BCUT2D eigenvalue weighted by atomic mass is 10.1. The third-order valence-electron chi connectivity index (χ3n) is 3.42. The van der Waals surface area contributed by atoms with Crippen molar-refractivity contribution in [2.75, 3.05) is 0 Å². The molecule has 4 heteroatoms. The molecular weight excluding hydrogens is 288 g/mol. The number of hydrogen-bond donors (Lipinski definition) is 0. The van der Waals surface area contributed by atoms with Gasteiger partial charge in [-0.3, -0.25) is 0 Å². The van der Waals surface area contributed by atoms with Gasteiger partial charge in [0, 0.05) is 5.56 Å². The Labute approximate surface area is 124 Å². The van der Waals surface area contributed by atoms with Crippen molar-refractivity contribution in [1.82, 2.24) is 0 Å². The van der Waals surface area contributed by atoms with Crippen molar-refractivity contribution in [1.29, 1.82) is 0 Å². The van der Waals surface area contributed by atoms with Gasteiger partial charge in [0.05, 0.1) is 5.39 Å². The molecule has 0 aliphatic heterocycles. The number of rotatable bonds is 1. The highest BCUT2D eigenvalue weighted by Crippen LogP contribution is 2.38. The quantitative estimate of drug-likeness (QED) is 0.471. The topological polar surface area (TPSA) is 43.4 Å². The maximum Gasteiger partial charge on any atom is 0.349 e. The van der Waals surface area contributed by atoms with E-state index in [-0.39, 0.29) is 10.4 Å². The van der Waals surface area contributed by atoms with Crippen LogP contribution >= 0.6 is 11.6 Å². The minimum Gasteiger partial charge on any atom is -0.453 e. The van der Waals surface area contributed by atoms with E-state index in [2.05, 4.69) is 0 Å². The van der Waals surface area contributed by atoms with E-state index in [0.717, 1.165) is 10.9 Å². The Kier molecular flexibility index (Phi) is 2.62. The predicted molar refractivity (Wildman–Crippen MR) is 82.7 cm³/mol. The number of benzene rings is 2. The van der Waals surface area contributed by atoms with Gasteiger partial charge in [-0.1, -0.05) is 54.1 Å². The van der Waals surface area contributed by atoms with Crippen LogP contribution in [0.25, 0.3) is 33.3 Å². The van der Waals surface area contributed by atoms with Gasteiger partial charge in [0.25, 0.3) is 0 Å². The zero-order valence-corrected chi connectivity index (χ0v) is 11.6. The van der Waals surface area contributed by atoms with Crippen LogP contribution in [0, 0.1) is 0 Å². The molecule has 4 aromatic rings. The molecule has 0 saturated heterocycles. The van der Waals surface area contributed by atoms with Gasteiger partial charge in [-0.25, -0.2) is 4.79 Å². The van der Waals surface area contributed by atoms with Crippen LogP contribution in [0.5, 0.6) is 0 Å². The Balaban J connectivity index is 2.18. The Morgan fingerprint density at radius 1 is 0.857 bits per heavy atom. The second kappa shape index (κ2) is 4.50. The lowest BCUT2D eigenvalue weighted by Crippen LogP contribution is -1.98. The molecule has 2 aromatic heterocycles. The van der Waals surface area contributed by atoms with E-state index < -0.39 is 5.63 Å². The monoisotopic (exact) mass is 296 g/mol. The van der Waals surface area contributed by atoms with Gasteiger partial charge >= 0.3 is 5.63 Å². The first-order valence-corrected chi connectivity index (χ1v) is 6.83. The summed E-state index contributed by atoms with van der Waals surface area (Å²) < 4.78 is 11.2. The third kappa shape index (κ3) is 1.78. The SMILES string of the molecule is O=c1oc2ccccc2c2oc(-c3ccccc3)c(Cl)c12. The van der Waals surface area contributed by atoms with Crippen molar-refractivity contribution in [2.45, 2.75) is 0 Å². The van der Waals surface area contributed by atoms with Gasteiger partial charge in [-0.15, -0.1) is 0 Å². The van der Waals surface area contributed by atoms with Crippen molar-refractivity contribution < 1.29 is 8.83 Å². The molecule has 2 heterocycles. The van der Waals surface area contributed by atoms with Crippen LogP contribution in [0.1, 0.15) is 0 Å². The van der Waals surface area contributed by atoms with Gasteiger partial charge in [0.1, 0.15) is 16.0 Å². The molecule has 0 aliphatic rings. The van der Waals surface area contributed by atoms with E-state index >= 15 is 0 Å². The van der Waals surface area contributed by atoms with Crippen molar-refractivity contribution in [2.24, 2.45) is 0 Å². The van der Waals surface area contributed by atoms with Crippen molar-refractivity contribution >= 4 is 33.5 Å². The molecule has 0 N–H and O–H groups in total. The normalized spacial score (nSPS) is 11.3. The molecule has 0 fully saturated rings. The van der Waals surface area contributed by atoms with E-state index in [1.807, 2.05) is 42.5 Å². The molecule has 0 spiro atoms. The lowest BCUT2D eigenvalue weighted by Gasteiger charge is -1.96. The van der Waals surface area contributed by atoms with E-state index in [0.29, 0.717) is 16.9 Å². The molecule has 0 atom stereocenters. The van der Waals surface area contributed by atoms with Crippen molar-refractivity contribution in [3.05, 3.63) is 70.0 Å². The van der Waals surface area contributed by atoms with E-state index in [9.17, 15) is 4.79 Å². The van der Waals surface area contributed by atoms with E-state index in [1.165, 1.54) is 0 Å². The van der Waals surface area contributed by atoms with Crippen LogP contribution in [0.2, 0.25) is 5.02 Å². The number of furan rings is 1. The standard InChI is InChI=1S/C17H9ClO3/c18-14-13-16(21-15(14)10-6-2-1-3-7-10)11-8-4-5-9-12(11)20-17(13)19/h1-9H. The fourth-order valence-corrected chi connectivity index (χ4v) is 2.76. The summed E-state index contributed by atoms with van der Waals surface area (Å²) in [6, 6.07) is 16.7. The number of para-hydroxylation sites is 1. The average Bonchev–Trinajstić information content (AvgIpc) is 2.87. The predicted octanol–water partition coefficient (Wildman–Crippen LogP) is 4.86. The van der Waals surface area contributed by atoms with Gasteiger partial charge in [0.2, 0.25) is 0 Å². The average molecular weight is 297 g/mol. The van der Waals surface area contributed by atoms with Crippen molar-refractivity contribution in [3.8, 4) is 11.3 Å². The second-order valence-corrected chi connectivity index (χ2v) is 5.08. The Morgan fingerprint density at radius 3 is 2.38 bits per heavy atom. The Morgan fingerprint density at radius 2 is 1.57 bits per heavy atom. The first kappa shape index (κ1) is 12.2. The van der Waals surface area contributed by atoms with E-state index in [1.54, 1.807) is 12.1 Å². The number of fused-ring (bicyclic) bond motifs is 3. The summed E-state index contributed by atoms with van der Waals surface area (Å²) in [5.74, 6) is 0.482. The lowest BCUT2D eigenvalue weighted by molar-refractivity contribution is 0.565. The van der Waals surface area contributed by atoms with Gasteiger partial charge in [-0.05, 0) is 12.1 Å². The van der Waals surface area contributed by atoms with Crippen LogP contribution in [-0.4, -0.2) is 0 Å².